The van der Waals surface area contributed by atoms with Gasteiger partial charge in [-0.25, -0.2) is 8.78 Å². The maximum absolute atomic E-state index is 14.1. The van der Waals surface area contributed by atoms with Gasteiger partial charge in [-0.15, -0.1) is 0 Å². The third-order valence-electron chi connectivity index (χ3n) is 6.92. The standard InChI is InChI=1S/C32H30F2N4O3/c1-38(2)32(41)21-6-3-5-20(14-21)26-7-4-10-35-31(26)29(13-19-11-23(33)16-24(34)12-19)37-30(40)15-22-18-36-28-9-8-25(39)17-27(22)28/h3-12,14,16-18,29-30,36-37,39-40H,13,15H2,1-2H3/t29-,30?/m0/s1. The molecule has 9 heteroatoms. The van der Waals surface area contributed by atoms with Gasteiger partial charge in [-0.1, -0.05) is 18.2 Å². The van der Waals surface area contributed by atoms with Crippen LogP contribution < -0.4 is 5.32 Å². The molecular weight excluding hydrogens is 526 g/mol. The molecule has 1 unspecified atom stereocenters. The largest absolute Gasteiger partial charge is 0.508 e. The van der Waals surface area contributed by atoms with Crippen LogP contribution in [0.15, 0.2) is 85.2 Å². The maximum atomic E-state index is 14.1. The second-order valence-corrected chi connectivity index (χ2v) is 10.2. The second-order valence-electron chi connectivity index (χ2n) is 10.2. The zero-order chi connectivity index (χ0) is 29.1. The van der Waals surface area contributed by atoms with E-state index < -0.39 is 23.9 Å². The van der Waals surface area contributed by atoms with Crippen LogP contribution in [0.3, 0.4) is 0 Å². The van der Waals surface area contributed by atoms with Crippen molar-refractivity contribution >= 4 is 16.8 Å². The Morgan fingerprint density at radius 1 is 1.00 bits per heavy atom. The number of aliphatic hydroxyl groups is 1. The summed E-state index contributed by atoms with van der Waals surface area (Å²) in [6, 6.07) is 18.4. The summed E-state index contributed by atoms with van der Waals surface area (Å²) in [5.41, 5.74) is 4.47. The number of aromatic nitrogens is 2. The van der Waals surface area contributed by atoms with Crippen LogP contribution >= 0.6 is 0 Å². The molecule has 0 fully saturated rings. The Balaban J connectivity index is 1.51. The van der Waals surface area contributed by atoms with Crippen molar-refractivity contribution in [1.82, 2.24) is 20.2 Å². The monoisotopic (exact) mass is 556 g/mol. The summed E-state index contributed by atoms with van der Waals surface area (Å²) in [5, 5.41) is 25.1. The lowest BCUT2D eigenvalue weighted by atomic mass is 9.94. The van der Waals surface area contributed by atoms with Gasteiger partial charge in [-0.3, -0.25) is 15.1 Å². The molecule has 0 radical (unpaired) electrons. The van der Waals surface area contributed by atoms with E-state index in [2.05, 4.69) is 15.3 Å². The fraction of sp³-hybridized carbons (Fsp3) is 0.188. The lowest BCUT2D eigenvalue weighted by Gasteiger charge is -2.25. The van der Waals surface area contributed by atoms with E-state index in [1.54, 1.807) is 69.0 Å². The van der Waals surface area contributed by atoms with E-state index in [1.165, 1.54) is 17.0 Å². The van der Waals surface area contributed by atoms with E-state index >= 15 is 0 Å². The predicted molar refractivity (Wildman–Crippen MR) is 153 cm³/mol. The number of halogens is 2. The van der Waals surface area contributed by atoms with Crippen LogP contribution in [-0.4, -0.2) is 51.3 Å². The Kier molecular flexibility index (Phi) is 8.09. The number of H-pyrrole nitrogens is 1. The number of aromatic hydroxyl groups is 1. The molecule has 0 aliphatic carbocycles. The zero-order valence-corrected chi connectivity index (χ0v) is 22.6. The minimum atomic E-state index is -1.07. The first-order valence-electron chi connectivity index (χ1n) is 13.1. The Labute approximate surface area is 236 Å². The van der Waals surface area contributed by atoms with E-state index in [9.17, 15) is 23.8 Å². The van der Waals surface area contributed by atoms with Crippen molar-refractivity contribution < 1.29 is 23.8 Å². The summed E-state index contributed by atoms with van der Waals surface area (Å²) >= 11 is 0. The van der Waals surface area contributed by atoms with Crippen LogP contribution in [0.5, 0.6) is 5.75 Å². The van der Waals surface area contributed by atoms with E-state index in [-0.39, 0.29) is 24.5 Å². The number of nitrogens with one attached hydrogen (secondary N) is 2. The first-order chi connectivity index (χ1) is 19.7. The fourth-order valence-corrected chi connectivity index (χ4v) is 5.05. The highest BCUT2D eigenvalue weighted by Crippen LogP contribution is 2.31. The molecule has 210 valence electrons. The molecular formula is C32H30F2N4O3. The Bertz CT molecular complexity index is 1680. The van der Waals surface area contributed by atoms with Crippen LogP contribution in [0.4, 0.5) is 8.78 Å². The smallest absolute Gasteiger partial charge is 0.253 e. The molecule has 2 aromatic heterocycles. The van der Waals surface area contributed by atoms with Crippen molar-refractivity contribution in [3.05, 3.63) is 119 Å². The topological polar surface area (TPSA) is 101 Å². The van der Waals surface area contributed by atoms with Crippen LogP contribution in [0.25, 0.3) is 22.0 Å². The number of fused-ring (bicyclic) bond motifs is 1. The number of carbonyl (C=O) groups excluding carboxylic acids is 1. The molecule has 2 heterocycles. The predicted octanol–water partition coefficient (Wildman–Crippen LogP) is 5.35. The Morgan fingerprint density at radius 3 is 2.54 bits per heavy atom. The quantitative estimate of drug-likeness (QED) is 0.183. The van der Waals surface area contributed by atoms with Crippen LogP contribution in [0.2, 0.25) is 0 Å². The highest BCUT2D eigenvalue weighted by atomic mass is 19.1. The number of aromatic amines is 1. The highest BCUT2D eigenvalue weighted by molar-refractivity contribution is 5.95. The number of rotatable bonds is 9. The third-order valence-corrected chi connectivity index (χ3v) is 6.92. The summed E-state index contributed by atoms with van der Waals surface area (Å²) in [6.45, 7) is 0. The van der Waals surface area contributed by atoms with Gasteiger partial charge in [0.1, 0.15) is 23.6 Å². The van der Waals surface area contributed by atoms with Gasteiger partial charge in [0.15, 0.2) is 0 Å². The molecule has 3 aromatic carbocycles. The highest BCUT2D eigenvalue weighted by Gasteiger charge is 2.23. The molecule has 5 rings (SSSR count). The number of hydrogen-bond acceptors (Lipinski definition) is 5. The molecule has 41 heavy (non-hydrogen) atoms. The summed E-state index contributed by atoms with van der Waals surface area (Å²) < 4.78 is 28.2. The molecule has 0 aliphatic rings. The van der Waals surface area contributed by atoms with Gasteiger partial charge < -0.3 is 20.1 Å². The van der Waals surface area contributed by atoms with Crippen molar-refractivity contribution in [3.8, 4) is 16.9 Å². The molecule has 0 spiro atoms. The van der Waals surface area contributed by atoms with Crippen molar-refractivity contribution in [2.45, 2.75) is 25.1 Å². The Hall–Kier alpha value is -4.60. The minimum Gasteiger partial charge on any atom is -0.508 e. The van der Waals surface area contributed by atoms with E-state index in [0.29, 0.717) is 22.4 Å². The van der Waals surface area contributed by atoms with Gasteiger partial charge in [0.25, 0.3) is 5.91 Å². The normalized spacial score (nSPS) is 12.8. The molecule has 0 saturated carbocycles. The van der Waals surface area contributed by atoms with Gasteiger partial charge in [0.05, 0.1) is 11.7 Å². The molecule has 2 atom stereocenters. The third kappa shape index (κ3) is 6.42. The minimum absolute atomic E-state index is 0.111. The zero-order valence-electron chi connectivity index (χ0n) is 22.6. The molecule has 0 saturated heterocycles. The summed E-state index contributed by atoms with van der Waals surface area (Å²) in [5.74, 6) is -1.44. The first-order valence-corrected chi connectivity index (χ1v) is 13.1. The number of phenols is 1. The van der Waals surface area contributed by atoms with E-state index in [0.717, 1.165) is 28.1 Å². The van der Waals surface area contributed by atoms with Gasteiger partial charge in [-0.2, -0.15) is 0 Å². The number of hydrogen-bond donors (Lipinski definition) is 4. The van der Waals surface area contributed by atoms with Crippen LogP contribution in [-0.2, 0) is 12.8 Å². The van der Waals surface area contributed by atoms with Gasteiger partial charge in [-0.05, 0) is 71.6 Å². The second kappa shape index (κ2) is 11.9. The molecule has 0 aliphatic heterocycles. The molecule has 4 N–H and O–H groups in total. The number of nitrogens with zero attached hydrogens (tertiary/aromatic N) is 2. The number of benzene rings is 3. The first kappa shape index (κ1) is 27.9. The average Bonchev–Trinajstić information content (AvgIpc) is 3.33. The van der Waals surface area contributed by atoms with Crippen LogP contribution in [0.1, 0.15) is 33.2 Å². The SMILES string of the molecule is CN(C)C(=O)c1cccc(-c2cccnc2[C@H](Cc2cc(F)cc(F)c2)NC(O)Cc2c[nH]c3ccc(O)cc23)c1. The van der Waals surface area contributed by atoms with Crippen LogP contribution in [0, 0.1) is 11.6 Å². The number of aliphatic hydroxyl groups excluding tert-OH is 1. The molecule has 5 aromatic rings. The molecule has 0 bridgehead atoms. The Morgan fingerprint density at radius 2 is 1.78 bits per heavy atom. The van der Waals surface area contributed by atoms with Crippen molar-refractivity contribution in [3.63, 3.8) is 0 Å². The average molecular weight is 557 g/mol. The van der Waals surface area contributed by atoms with E-state index in [4.69, 9.17) is 0 Å². The maximum Gasteiger partial charge on any atom is 0.253 e. The summed E-state index contributed by atoms with van der Waals surface area (Å²) in [7, 11) is 3.36. The van der Waals surface area contributed by atoms with Gasteiger partial charge in [0.2, 0.25) is 0 Å². The number of amides is 1. The lowest BCUT2D eigenvalue weighted by Crippen LogP contribution is -2.36. The number of phenolic OH excluding ortho intramolecular Hbond substituents is 1. The molecule has 1 amide bonds. The van der Waals surface area contributed by atoms with Crippen molar-refractivity contribution in [2.75, 3.05) is 14.1 Å². The fourth-order valence-electron chi connectivity index (χ4n) is 5.05. The number of pyridine rings is 1. The van der Waals surface area contributed by atoms with Gasteiger partial charge in [0, 0.05) is 61.0 Å². The van der Waals surface area contributed by atoms with Crippen molar-refractivity contribution in [1.29, 1.82) is 0 Å². The van der Waals surface area contributed by atoms with Crippen molar-refractivity contribution in [2.24, 2.45) is 0 Å². The number of carbonyl (C=O) groups is 1. The van der Waals surface area contributed by atoms with Gasteiger partial charge >= 0.3 is 0 Å². The molecule has 7 nitrogen and oxygen atoms in total. The lowest BCUT2D eigenvalue weighted by molar-refractivity contribution is 0.0827. The summed E-state index contributed by atoms with van der Waals surface area (Å²) in [4.78, 5) is 21.9. The summed E-state index contributed by atoms with van der Waals surface area (Å²) in [6.07, 6.45) is 2.62. The van der Waals surface area contributed by atoms with E-state index in [1.807, 2.05) is 12.1 Å².